The van der Waals surface area contributed by atoms with Crippen molar-refractivity contribution in [1.29, 1.82) is 21.0 Å². The van der Waals surface area contributed by atoms with Crippen molar-refractivity contribution in [3.63, 3.8) is 0 Å². The lowest BCUT2D eigenvalue weighted by Crippen LogP contribution is -2.41. The third kappa shape index (κ3) is 15.0. The van der Waals surface area contributed by atoms with Crippen LogP contribution in [0.4, 0.5) is 0 Å². The van der Waals surface area contributed by atoms with E-state index in [1.54, 1.807) is 24.3 Å². The fourth-order valence-electron chi connectivity index (χ4n) is 14.7. The average molecular weight is 1520 g/mol. The molecule has 14 aromatic carbocycles. The fourth-order valence-corrected chi connectivity index (χ4v) is 14.9. The Morgan fingerprint density at radius 1 is 0.267 bits per heavy atom. The van der Waals surface area contributed by atoms with Gasteiger partial charge in [0.25, 0.3) is 0 Å². The first-order chi connectivity index (χ1) is 56.6. The summed E-state index contributed by atoms with van der Waals surface area (Å²) in [6.07, 6.45) is 0. The number of para-hydroxylation sites is 2. The van der Waals surface area contributed by atoms with Gasteiger partial charge in [-0.1, -0.05) is 254 Å². The predicted octanol–water partition coefficient (Wildman–Crippen LogP) is 23.1. The van der Waals surface area contributed by atoms with E-state index in [4.69, 9.17) is 61.3 Å². The van der Waals surface area contributed by atoms with Gasteiger partial charge in [0.1, 0.15) is 0 Å². The van der Waals surface area contributed by atoms with Crippen molar-refractivity contribution in [3.05, 3.63) is 367 Å². The summed E-state index contributed by atoms with van der Waals surface area (Å²) in [7, 11) is -0.551. The Bertz CT molecular complexity index is 6780. The largest absolute Gasteiger partial charge is 0.494 e. The molecule has 550 valence electrons. The van der Waals surface area contributed by atoms with Crippen LogP contribution in [-0.2, 0) is 9.31 Å². The zero-order valence-corrected chi connectivity index (χ0v) is 64.2. The van der Waals surface area contributed by atoms with Crippen LogP contribution in [0, 0.1) is 45.3 Å². The fraction of sp³-hybridized carbons (Fsp3) is 0.0600. The Balaban J connectivity index is 0.000000138. The van der Waals surface area contributed by atoms with Crippen molar-refractivity contribution in [1.82, 2.24) is 39.0 Å². The molecule has 1 aliphatic heterocycles. The summed E-state index contributed by atoms with van der Waals surface area (Å²) in [5.41, 5.74) is 18.9. The van der Waals surface area contributed by atoms with Crippen LogP contribution >= 0.6 is 11.6 Å². The highest BCUT2D eigenvalue weighted by Crippen LogP contribution is 2.42. The van der Waals surface area contributed by atoms with Crippen LogP contribution in [0.3, 0.4) is 0 Å². The van der Waals surface area contributed by atoms with E-state index in [0.717, 1.165) is 105 Å². The van der Waals surface area contributed by atoms with E-state index in [-0.39, 0.29) is 0 Å². The lowest BCUT2D eigenvalue weighted by Gasteiger charge is -2.32. The summed E-state index contributed by atoms with van der Waals surface area (Å²) in [4.78, 5) is 29.8. The first-order valence-corrected chi connectivity index (χ1v) is 38.2. The SMILES string of the molecule is CC1(C)OB(c2cc(C#N)cc(C#N)c2)OC1(C)C.Clc1cc(-c2nc(-c3ccccc3)nc(-c3ccccc3)n2)cc(-n2c3ccccc3c3ccc(-c4ccccc4)cc32)c1.N#Cc1cc(C#N)cc(-c2cc(-c3nc(-c4ccccc4)nc(-c4ccccc4)n3)cc(-n3c4ccccc4c4ccc(-c5ccccc5)cc43)c2)c1. The second-order valence-corrected chi connectivity index (χ2v) is 29.6. The van der Waals surface area contributed by atoms with E-state index in [1.807, 2.05) is 204 Å². The molecule has 14 nitrogen and oxygen atoms in total. The molecule has 0 amide bonds. The highest BCUT2D eigenvalue weighted by molar-refractivity contribution is 6.62. The number of rotatable bonds is 12. The van der Waals surface area contributed by atoms with Crippen molar-refractivity contribution in [2.24, 2.45) is 0 Å². The van der Waals surface area contributed by atoms with Crippen molar-refractivity contribution < 1.29 is 9.31 Å². The first kappa shape index (κ1) is 73.7. The van der Waals surface area contributed by atoms with Gasteiger partial charge in [0.2, 0.25) is 0 Å². The average Bonchev–Trinajstić information content (AvgIpc) is 1.59. The van der Waals surface area contributed by atoms with Crippen LogP contribution in [0.5, 0.6) is 0 Å². The third-order valence-electron chi connectivity index (χ3n) is 21.1. The molecule has 0 bridgehead atoms. The minimum atomic E-state index is -0.551. The van der Waals surface area contributed by atoms with E-state index in [2.05, 4.69) is 173 Å². The molecule has 5 heterocycles. The Kier molecular flexibility index (Phi) is 20.1. The molecule has 0 spiro atoms. The molecule has 18 aromatic rings. The van der Waals surface area contributed by atoms with Gasteiger partial charge in [-0.3, -0.25) is 0 Å². The Hall–Kier alpha value is -15.1. The lowest BCUT2D eigenvalue weighted by molar-refractivity contribution is 0.00578. The molecule has 0 atom stereocenters. The predicted molar refractivity (Wildman–Crippen MR) is 463 cm³/mol. The smallest absolute Gasteiger partial charge is 0.399 e. The van der Waals surface area contributed by atoms with Gasteiger partial charge >= 0.3 is 7.12 Å². The summed E-state index contributed by atoms with van der Waals surface area (Å²) in [6, 6.07) is 122. The number of fused-ring (bicyclic) bond motifs is 6. The second kappa shape index (κ2) is 31.6. The minimum absolute atomic E-state index is 0.410. The summed E-state index contributed by atoms with van der Waals surface area (Å²) >= 11 is 6.88. The molecule has 4 aromatic heterocycles. The van der Waals surface area contributed by atoms with E-state index < -0.39 is 18.3 Å². The molecule has 116 heavy (non-hydrogen) atoms. The number of halogens is 1. The van der Waals surface area contributed by atoms with E-state index >= 15 is 0 Å². The quantitative estimate of drug-likeness (QED) is 0.105. The summed E-state index contributed by atoms with van der Waals surface area (Å²) in [5, 5.41) is 43.0. The zero-order valence-electron chi connectivity index (χ0n) is 63.5. The summed E-state index contributed by atoms with van der Waals surface area (Å²) in [6.45, 7) is 7.86. The van der Waals surface area contributed by atoms with Crippen LogP contribution < -0.4 is 5.46 Å². The van der Waals surface area contributed by atoms with Crippen LogP contribution in [0.1, 0.15) is 49.9 Å². The standard InChI is InChI=1S/C47H28N6.C39H25ClN4.C14H15BN2O2/c48-29-31-22-32(30-49)24-37(23-31)38-25-39(47-51-45(34-14-6-2-7-15-34)50-46(52-47)35-16-8-3-9-17-35)27-40(26-38)53-43-19-11-10-18-41(43)42-21-20-36(28-44(42)53)33-12-4-1-5-13-33;40-31-22-30(39-42-37(27-14-6-2-7-15-27)41-38(43-39)28-16-8-3-9-17-28)23-32(25-31)44-35-19-11-10-18-33(35)34-21-20-29(24-36(34)44)26-12-4-1-5-13-26;1-13(2)14(3,4)19-15(18-13)12-6-10(8-16)5-11(7-12)9-17/h1-28H;1-25H;5-7H,1-4H3. The van der Waals surface area contributed by atoms with Crippen LogP contribution in [0.2, 0.25) is 5.02 Å². The Morgan fingerprint density at radius 3 is 0.931 bits per heavy atom. The maximum Gasteiger partial charge on any atom is 0.494 e. The number of benzene rings is 14. The molecule has 0 saturated carbocycles. The van der Waals surface area contributed by atoms with Crippen LogP contribution in [-0.4, -0.2) is 57.4 Å². The van der Waals surface area contributed by atoms with Gasteiger partial charge < -0.3 is 18.4 Å². The molecule has 1 saturated heterocycles. The maximum absolute atomic E-state index is 9.91. The van der Waals surface area contributed by atoms with Crippen molar-refractivity contribution in [2.75, 3.05) is 0 Å². The first-order valence-electron chi connectivity index (χ1n) is 37.8. The molecule has 0 unspecified atom stereocenters. The minimum Gasteiger partial charge on any atom is -0.399 e. The normalized spacial score (nSPS) is 12.5. The van der Waals surface area contributed by atoms with E-state index in [0.29, 0.717) is 67.7 Å². The molecular formula is C100H68BClN12O2. The third-order valence-corrected chi connectivity index (χ3v) is 21.3. The molecular weight excluding hydrogens is 1450 g/mol. The summed E-state index contributed by atoms with van der Waals surface area (Å²) in [5.74, 6) is 3.41. The number of nitriles is 4. The van der Waals surface area contributed by atoms with Gasteiger partial charge in [0, 0.05) is 71.3 Å². The number of aromatic nitrogens is 8. The highest BCUT2D eigenvalue weighted by Gasteiger charge is 2.52. The number of hydrogen-bond donors (Lipinski definition) is 0. The Morgan fingerprint density at radius 2 is 0.560 bits per heavy atom. The molecule has 19 rings (SSSR count). The van der Waals surface area contributed by atoms with E-state index in [9.17, 15) is 10.5 Å². The molecule has 1 aliphatic rings. The van der Waals surface area contributed by atoms with Gasteiger partial charge in [0.15, 0.2) is 34.9 Å². The molecule has 0 aliphatic carbocycles. The zero-order chi connectivity index (χ0) is 79.4. The highest BCUT2D eigenvalue weighted by atomic mass is 35.5. The van der Waals surface area contributed by atoms with Gasteiger partial charge in [-0.2, -0.15) is 21.0 Å². The molecule has 16 heteroatoms. The Labute approximate surface area is 676 Å². The summed E-state index contributed by atoms with van der Waals surface area (Å²) < 4.78 is 16.4. The topological polar surface area (TPSA) is 201 Å². The molecule has 0 radical (unpaired) electrons. The van der Waals surface area contributed by atoms with Crippen molar-refractivity contribution in [2.45, 2.75) is 38.9 Å². The van der Waals surface area contributed by atoms with Crippen LogP contribution in [0.25, 0.3) is 157 Å². The monoisotopic (exact) mass is 1510 g/mol. The van der Waals surface area contributed by atoms with Gasteiger partial charge in [0.05, 0.1) is 79.8 Å². The van der Waals surface area contributed by atoms with Crippen molar-refractivity contribution >= 4 is 67.8 Å². The molecule has 0 N–H and O–H groups in total. The second-order valence-electron chi connectivity index (χ2n) is 29.1. The van der Waals surface area contributed by atoms with Gasteiger partial charge in [-0.15, -0.1) is 0 Å². The lowest BCUT2D eigenvalue weighted by atomic mass is 9.77. The van der Waals surface area contributed by atoms with E-state index in [1.165, 1.54) is 16.3 Å². The molecule has 1 fully saturated rings. The number of nitrogens with zero attached hydrogens (tertiary/aromatic N) is 12. The van der Waals surface area contributed by atoms with Gasteiger partial charge in [-0.05, 0) is 164 Å². The number of hydrogen-bond acceptors (Lipinski definition) is 12. The van der Waals surface area contributed by atoms with Crippen LogP contribution in [0.15, 0.2) is 340 Å². The van der Waals surface area contributed by atoms with Gasteiger partial charge in [-0.25, -0.2) is 29.9 Å². The maximum atomic E-state index is 9.91. The van der Waals surface area contributed by atoms with Crippen molar-refractivity contribution in [3.8, 4) is 137 Å².